The van der Waals surface area contributed by atoms with Crippen molar-refractivity contribution in [1.82, 2.24) is 0 Å². The van der Waals surface area contributed by atoms with Crippen molar-refractivity contribution < 1.29 is 42.9 Å². The van der Waals surface area contributed by atoms with Crippen molar-refractivity contribution in [3.8, 4) is 0 Å². The second kappa shape index (κ2) is 10.6. The van der Waals surface area contributed by atoms with Gasteiger partial charge in [-0.15, -0.1) is 0 Å². The fourth-order valence-electron chi connectivity index (χ4n) is 1.31. The molecule has 22 heavy (non-hydrogen) atoms. The van der Waals surface area contributed by atoms with Crippen LogP contribution in [-0.2, 0) is 42.9 Å². The van der Waals surface area contributed by atoms with Gasteiger partial charge in [0.25, 0.3) is 0 Å². The van der Waals surface area contributed by atoms with Gasteiger partial charge in [0.15, 0.2) is 6.10 Å². The minimum absolute atomic E-state index is 0.0759. The van der Waals surface area contributed by atoms with Crippen molar-refractivity contribution in [2.75, 3.05) is 19.8 Å². The second-order valence-corrected chi connectivity index (χ2v) is 4.14. The molecule has 0 fully saturated rings. The molecule has 1 unspecified atom stereocenters. The van der Waals surface area contributed by atoms with Crippen LogP contribution in [0.1, 0.15) is 27.7 Å². The molecule has 9 nitrogen and oxygen atoms in total. The molecule has 0 radical (unpaired) electrons. The average molecular weight is 320 g/mol. The van der Waals surface area contributed by atoms with Crippen LogP contribution in [0.25, 0.3) is 0 Å². The Bertz CT molecular complexity index is 404. The molecule has 0 N–H and O–H groups in total. The number of hydrogen-bond donors (Lipinski definition) is 0. The molecule has 0 spiro atoms. The summed E-state index contributed by atoms with van der Waals surface area (Å²) in [4.78, 5) is 43.6. The third-order valence-corrected chi connectivity index (χ3v) is 2.02. The maximum Gasteiger partial charge on any atom is 0.305 e. The Morgan fingerprint density at radius 3 is 1.73 bits per heavy atom. The van der Waals surface area contributed by atoms with E-state index < -0.39 is 36.3 Å². The quantitative estimate of drug-likeness (QED) is 0.249. The molecule has 0 heterocycles. The van der Waals surface area contributed by atoms with E-state index in [9.17, 15) is 19.2 Å². The van der Waals surface area contributed by atoms with E-state index in [1.165, 1.54) is 13.8 Å². The van der Waals surface area contributed by atoms with E-state index in [2.05, 4.69) is 4.74 Å². The van der Waals surface area contributed by atoms with Crippen molar-refractivity contribution in [2.24, 2.45) is 0 Å². The number of carbonyl (C=O) groups excluding carboxylic acids is 4. The lowest BCUT2D eigenvalue weighted by atomic mass is 10.3. The summed E-state index contributed by atoms with van der Waals surface area (Å²) in [6.07, 6.45) is -2.43. The van der Waals surface area contributed by atoms with Gasteiger partial charge in [0, 0.05) is 27.7 Å². The van der Waals surface area contributed by atoms with E-state index in [0.29, 0.717) is 0 Å². The van der Waals surface area contributed by atoms with Crippen LogP contribution < -0.4 is 0 Å². The molecule has 0 saturated carbocycles. The summed E-state index contributed by atoms with van der Waals surface area (Å²) in [5.74, 6) is -2.45. The van der Waals surface area contributed by atoms with Crippen LogP contribution in [-0.4, -0.2) is 56.1 Å². The van der Waals surface area contributed by atoms with E-state index >= 15 is 0 Å². The number of hydrogen-bond acceptors (Lipinski definition) is 9. The van der Waals surface area contributed by atoms with E-state index in [-0.39, 0.29) is 19.8 Å². The Morgan fingerprint density at radius 2 is 1.27 bits per heavy atom. The molecule has 0 aliphatic heterocycles. The highest BCUT2D eigenvalue weighted by molar-refractivity contribution is 5.68. The fraction of sp³-hybridized carbons (Fsp3) is 0.692. The van der Waals surface area contributed by atoms with Gasteiger partial charge in [-0.1, -0.05) is 0 Å². The molecule has 0 bridgehead atoms. The normalized spacial score (nSPS) is 12.7. The van der Waals surface area contributed by atoms with E-state index in [4.69, 9.17) is 18.9 Å². The van der Waals surface area contributed by atoms with Crippen LogP contribution in [0.4, 0.5) is 0 Å². The van der Waals surface area contributed by atoms with Gasteiger partial charge >= 0.3 is 23.9 Å². The van der Waals surface area contributed by atoms with Crippen molar-refractivity contribution >= 4 is 23.9 Å². The maximum atomic E-state index is 11.1. The topological polar surface area (TPSA) is 114 Å². The smallest absolute Gasteiger partial charge is 0.305 e. The molecule has 0 saturated heterocycles. The summed E-state index contributed by atoms with van der Waals surface area (Å²) < 4.78 is 24.4. The summed E-state index contributed by atoms with van der Waals surface area (Å²) >= 11 is 0. The van der Waals surface area contributed by atoms with Gasteiger partial charge < -0.3 is 23.7 Å². The summed E-state index contributed by atoms with van der Waals surface area (Å²) in [7, 11) is 0. The summed E-state index contributed by atoms with van der Waals surface area (Å²) in [5.41, 5.74) is 0. The van der Waals surface area contributed by atoms with Gasteiger partial charge in [-0.3, -0.25) is 19.2 Å². The number of ether oxygens (including phenoxy) is 5. The van der Waals surface area contributed by atoms with Crippen LogP contribution >= 0.6 is 0 Å². The fourth-order valence-corrected chi connectivity index (χ4v) is 1.31. The first kappa shape index (κ1) is 19.8. The van der Waals surface area contributed by atoms with E-state index in [1.807, 2.05) is 0 Å². The molecular weight excluding hydrogens is 300 g/mol. The van der Waals surface area contributed by atoms with Gasteiger partial charge in [0.2, 0.25) is 6.29 Å². The van der Waals surface area contributed by atoms with Crippen LogP contribution in [0.5, 0.6) is 0 Å². The highest BCUT2D eigenvalue weighted by atomic mass is 16.7. The molecule has 0 aromatic carbocycles. The zero-order valence-electron chi connectivity index (χ0n) is 13.0. The lowest BCUT2D eigenvalue weighted by Gasteiger charge is -2.25. The molecule has 2 atom stereocenters. The van der Waals surface area contributed by atoms with Crippen molar-refractivity contribution in [3.05, 3.63) is 0 Å². The molecule has 0 aliphatic carbocycles. The predicted octanol–water partition coefficient (Wildman–Crippen LogP) is -0.0499. The molecule has 0 aromatic heterocycles. The first-order valence-corrected chi connectivity index (χ1v) is 6.45. The van der Waals surface area contributed by atoms with Crippen molar-refractivity contribution in [3.63, 3.8) is 0 Å². The number of rotatable bonds is 9. The Kier molecular flexibility index (Phi) is 9.51. The third-order valence-electron chi connectivity index (χ3n) is 2.02. The molecule has 0 aliphatic rings. The number of carbonyl (C=O) groups is 4. The van der Waals surface area contributed by atoms with Crippen LogP contribution in [0.2, 0.25) is 0 Å². The van der Waals surface area contributed by atoms with Crippen LogP contribution in [0.3, 0.4) is 0 Å². The van der Waals surface area contributed by atoms with Crippen molar-refractivity contribution in [2.45, 2.75) is 40.1 Å². The summed E-state index contributed by atoms with van der Waals surface area (Å²) in [6, 6.07) is 0. The zero-order chi connectivity index (χ0) is 17.1. The van der Waals surface area contributed by atoms with Crippen LogP contribution in [0, 0.1) is 0 Å². The third kappa shape index (κ3) is 10.6. The minimum Gasteiger partial charge on any atom is -0.463 e. The Morgan fingerprint density at radius 1 is 0.727 bits per heavy atom. The molecule has 0 amide bonds. The average Bonchev–Trinajstić information content (AvgIpc) is 2.36. The van der Waals surface area contributed by atoms with Crippen LogP contribution in [0.15, 0.2) is 0 Å². The van der Waals surface area contributed by atoms with Gasteiger partial charge in [-0.2, -0.15) is 0 Å². The van der Waals surface area contributed by atoms with Crippen molar-refractivity contribution in [1.29, 1.82) is 0 Å². The Balaban J connectivity index is 4.70. The first-order valence-electron chi connectivity index (χ1n) is 6.45. The van der Waals surface area contributed by atoms with Gasteiger partial charge in [0.1, 0.15) is 13.2 Å². The predicted molar refractivity (Wildman–Crippen MR) is 70.3 cm³/mol. The molecule has 126 valence electrons. The van der Waals surface area contributed by atoms with E-state index in [1.54, 1.807) is 0 Å². The summed E-state index contributed by atoms with van der Waals surface area (Å²) in [5, 5.41) is 0. The highest BCUT2D eigenvalue weighted by Gasteiger charge is 2.29. The monoisotopic (exact) mass is 320 g/mol. The first-order chi connectivity index (χ1) is 10.2. The zero-order valence-corrected chi connectivity index (χ0v) is 13.0. The van der Waals surface area contributed by atoms with Gasteiger partial charge in [-0.25, -0.2) is 0 Å². The lowest BCUT2D eigenvalue weighted by Crippen LogP contribution is -2.40. The molecule has 9 heteroatoms. The standard InChI is InChI=1S/C13H20O9/c1-8(14)18-5-6-19-13(22-11(4)17)12(21-10(3)16)7-20-9(2)15/h12-13H,5-7H2,1-4H3/t12-,13?/m0/s1. The second-order valence-electron chi connectivity index (χ2n) is 4.14. The largest absolute Gasteiger partial charge is 0.463 e. The highest BCUT2D eigenvalue weighted by Crippen LogP contribution is 2.09. The Labute approximate surface area is 127 Å². The maximum absolute atomic E-state index is 11.1. The summed E-state index contributed by atoms with van der Waals surface area (Å²) in [6.45, 7) is 4.16. The Hall–Kier alpha value is -2.16. The van der Waals surface area contributed by atoms with Gasteiger partial charge in [-0.05, 0) is 0 Å². The minimum atomic E-state index is -1.30. The number of esters is 4. The lowest BCUT2D eigenvalue weighted by molar-refractivity contribution is -0.220. The molecule has 0 rings (SSSR count). The van der Waals surface area contributed by atoms with Gasteiger partial charge in [0.05, 0.1) is 6.61 Å². The van der Waals surface area contributed by atoms with E-state index in [0.717, 1.165) is 13.8 Å². The molecular formula is C13H20O9. The SMILES string of the molecule is CC(=O)OCCOC(OC(C)=O)[C@H](COC(C)=O)OC(C)=O. The molecule has 0 aromatic rings.